The number of amides is 2. The van der Waals surface area contributed by atoms with E-state index in [1.807, 2.05) is 6.92 Å². The van der Waals surface area contributed by atoms with Gasteiger partial charge in [-0.3, -0.25) is 14.4 Å². The van der Waals surface area contributed by atoms with Crippen LogP contribution in [0.1, 0.15) is 34.1 Å². The lowest BCUT2D eigenvalue weighted by Crippen LogP contribution is -2.46. The molecule has 5 heteroatoms. The topological polar surface area (TPSA) is 75.3 Å². The van der Waals surface area contributed by atoms with Gasteiger partial charge in [0.2, 0.25) is 11.8 Å². The summed E-state index contributed by atoms with van der Waals surface area (Å²) >= 11 is 0. The average molecular weight is 228 g/mol. The molecule has 0 saturated carbocycles. The third-order valence-electron chi connectivity index (χ3n) is 2.15. The van der Waals surface area contributed by atoms with Gasteiger partial charge in [-0.15, -0.1) is 0 Å². The SMILES string of the molecule is CCC(NC(=O)CNC(C)=O)C(=O)C(C)C. The zero-order valence-corrected chi connectivity index (χ0v) is 10.3. The molecular formula is C11H20N2O3. The minimum absolute atomic E-state index is 0.0127. The molecule has 0 aliphatic heterocycles. The number of hydrogen-bond acceptors (Lipinski definition) is 3. The monoisotopic (exact) mass is 228 g/mol. The Morgan fingerprint density at radius 1 is 1.19 bits per heavy atom. The van der Waals surface area contributed by atoms with Crippen molar-refractivity contribution in [3.8, 4) is 0 Å². The molecular weight excluding hydrogens is 208 g/mol. The number of nitrogens with one attached hydrogen (secondary N) is 2. The second-order valence-corrected chi connectivity index (χ2v) is 4.00. The summed E-state index contributed by atoms with van der Waals surface area (Å²) in [4.78, 5) is 33.6. The van der Waals surface area contributed by atoms with Crippen molar-refractivity contribution in [3.63, 3.8) is 0 Å². The Bertz CT molecular complexity index is 274. The molecule has 0 aromatic carbocycles. The summed E-state index contributed by atoms with van der Waals surface area (Å²) < 4.78 is 0. The van der Waals surface area contributed by atoms with Crippen LogP contribution >= 0.6 is 0 Å². The van der Waals surface area contributed by atoms with E-state index in [9.17, 15) is 14.4 Å². The van der Waals surface area contributed by atoms with Gasteiger partial charge in [-0.05, 0) is 6.42 Å². The largest absolute Gasteiger partial charge is 0.347 e. The predicted octanol–water partition coefficient (Wildman–Crippen LogP) is 0.242. The fourth-order valence-electron chi connectivity index (χ4n) is 1.23. The Labute approximate surface area is 96.0 Å². The molecule has 2 N–H and O–H groups in total. The van der Waals surface area contributed by atoms with E-state index in [1.165, 1.54) is 6.92 Å². The highest BCUT2D eigenvalue weighted by atomic mass is 16.2. The summed E-state index contributed by atoms with van der Waals surface area (Å²) in [6.45, 7) is 6.68. The number of rotatable bonds is 6. The van der Waals surface area contributed by atoms with Gasteiger partial charge in [-0.25, -0.2) is 0 Å². The number of carbonyl (C=O) groups is 3. The van der Waals surface area contributed by atoms with Crippen molar-refractivity contribution in [1.29, 1.82) is 0 Å². The molecule has 0 radical (unpaired) electrons. The van der Waals surface area contributed by atoms with Gasteiger partial charge in [0.05, 0.1) is 12.6 Å². The van der Waals surface area contributed by atoms with Crippen molar-refractivity contribution in [2.24, 2.45) is 5.92 Å². The molecule has 0 aliphatic carbocycles. The van der Waals surface area contributed by atoms with Gasteiger partial charge in [-0.1, -0.05) is 20.8 Å². The van der Waals surface area contributed by atoms with Crippen molar-refractivity contribution in [3.05, 3.63) is 0 Å². The summed E-state index contributed by atoms with van der Waals surface area (Å²) in [5.74, 6) is -0.695. The van der Waals surface area contributed by atoms with Crippen molar-refractivity contribution in [1.82, 2.24) is 10.6 Å². The maximum Gasteiger partial charge on any atom is 0.239 e. The van der Waals surface area contributed by atoms with Gasteiger partial charge in [0.25, 0.3) is 0 Å². The van der Waals surface area contributed by atoms with Crippen LogP contribution in [0, 0.1) is 5.92 Å². The Kier molecular flexibility index (Phi) is 6.37. The van der Waals surface area contributed by atoms with E-state index in [1.54, 1.807) is 13.8 Å². The summed E-state index contributed by atoms with van der Waals surface area (Å²) in [7, 11) is 0. The molecule has 92 valence electrons. The molecule has 0 aromatic heterocycles. The molecule has 0 bridgehead atoms. The van der Waals surface area contributed by atoms with Crippen LogP contribution in [0.2, 0.25) is 0 Å². The van der Waals surface area contributed by atoms with Gasteiger partial charge >= 0.3 is 0 Å². The smallest absolute Gasteiger partial charge is 0.239 e. The Morgan fingerprint density at radius 3 is 2.12 bits per heavy atom. The predicted molar refractivity (Wildman–Crippen MR) is 60.8 cm³/mol. The molecule has 0 rings (SSSR count). The van der Waals surface area contributed by atoms with Gasteiger partial charge in [0.15, 0.2) is 5.78 Å². The zero-order chi connectivity index (χ0) is 12.7. The Hall–Kier alpha value is -1.39. The van der Waals surface area contributed by atoms with Crippen LogP contribution in [-0.4, -0.2) is 30.2 Å². The normalized spacial score (nSPS) is 12.1. The summed E-state index contributed by atoms with van der Waals surface area (Å²) in [6.07, 6.45) is 0.558. The minimum atomic E-state index is -0.457. The number of Topliss-reactive ketones (excluding diaryl/α,β-unsaturated/α-hetero) is 1. The molecule has 16 heavy (non-hydrogen) atoms. The van der Waals surface area contributed by atoms with Crippen molar-refractivity contribution >= 4 is 17.6 Å². The third kappa shape index (κ3) is 5.48. The maximum atomic E-state index is 11.6. The molecule has 1 unspecified atom stereocenters. The summed E-state index contributed by atoms with van der Waals surface area (Å²) in [6, 6.07) is -0.457. The van der Waals surface area contributed by atoms with E-state index in [4.69, 9.17) is 0 Å². The number of ketones is 1. The van der Waals surface area contributed by atoms with E-state index in [-0.39, 0.29) is 30.1 Å². The fourth-order valence-corrected chi connectivity index (χ4v) is 1.23. The second-order valence-electron chi connectivity index (χ2n) is 4.00. The van der Waals surface area contributed by atoms with Crippen LogP contribution in [0.25, 0.3) is 0 Å². The molecule has 0 saturated heterocycles. The van der Waals surface area contributed by atoms with E-state index in [2.05, 4.69) is 10.6 Å². The Balaban J connectivity index is 4.17. The molecule has 0 heterocycles. The minimum Gasteiger partial charge on any atom is -0.347 e. The molecule has 0 spiro atoms. The van der Waals surface area contributed by atoms with E-state index in [0.29, 0.717) is 6.42 Å². The van der Waals surface area contributed by atoms with Crippen LogP contribution in [0.3, 0.4) is 0 Å². The molecule has 5 nitrogen and oxygen atoms in total. The molecule has 1 atom stereocenters. The lowest BCUT2D eigenvalue weighted by atomic mass is 10.00. The lowest BCUT2D eigenvalue weighted by Gasteiger charge is -2.17. The van der Waals surface area contributed by atoms with Crippen LogP contribution in [0.4, 0.5) is 0 Å². The highest BCUT2D eigenvalue weighted by Gasteiger charge is 2.20. The molecule has 2 amide bonds. The molecule has 0 aliphatic rings. The van der Waals surface area contributed by atoms with Crippen molar-refractivity contribution in [2.45, 2.75) is 40.2 Å². The maximum absolute atomic E-state index is 11.6. The van der Waals surface area contributed by atoms with E-state index in [0.717, 1.165) is 0 Å². The first kappa shape index (κ1) is 14.6. The standard InChI is InChI=1S/C11H20N2O3/c1-5-9(11(16)7(2)3)13-10(15)6-12-8(4)14/h7,9H,5-6H2,1-4H3,(H,12,14)(H,13,15). The average Bonchev–Trinajstić information content (AvgIpc) is 2.21. The zero-order valence-electron chi connectivity index (χ0n) is 10.3. The summed E-state index contributed by atoms with van der Waals surface area (Å²) in [5.41, 5.74) is 0. The third-order valence-corrected chi connectivity index (χ3v) is 2.15. The van der Waals surface area contributed by atoms with Crippen molar-refractivity contribution < 1.29 is 14.4 Å². The second kappa shape index (κ2) is 6.98. The first-order valence-electron chi connectivity index (χ1n) is 5.46. The van der Waals surface area contributed by atoms with Gasteiger partial charge in [-0.2, -0.15) is 0 Å². The first-order valence-corrected chi connectivity index (χ1v) is 5.46. The molecule has 0 fully saturated rings. The highest BCUT2D eigenvalue weighted by molar-refractivity contribution is 5.91. The van der Waals surface area contributed by atoms with Crippen molar-refractivity contribution in [2.75, 3.05) is 6.54 Å². The van der Waals surface area contributed by atoms with Crippen LogP contribution in [-0.2, 0) is 14.4 Å². The molecule has 0 aromatic rings. The number of carbonyl (C=O) groups excluding carboxylic acids is 3. The van der Waals surface area contributed by atoms with Crippen LogP contribution in [0.15, 0.2) is 0 Å². The van der Waals surface area contributed by atoms with Gasteiger partial charge in [0.1, 0.15) is 0 Å². The summed E-state index contributed by atoms with van der Waals surface area (Å²) in [5, 5.41) is 4.98. The fraction of sp³-hybridized carbons (Fsp3) is 0.727. The first-order chi connectivity index (χ1) is 7.38. The highest BCUT2D eigenvalue weighted by Crippen LogP contribution is 2.02. The van der Waals surface area contributed by atoms with E-state index >= 15 is 0 Å². The van der Waals surface area contributed by atoms with Crippen LogP contribution < -0.4 is 10.6 Å². The number of hydrogen-bond donors (Lipinski definition) is 2. The van der Waals surface area contributed by atoms with Gasteiger partial charge < -0.3 is 10.6 Å². The van der Waals surface area contributed by atoms with Gasteiger partial charge in [0, 0.05) is 12.8 Å². The quantitative estimate of drug-likeness (QED) is 0.684. The lowest BCUT2D eigenvalue weighted by molar-refractivity contribution is -0.130. The van der Waals surface area contributed by atoms with E-state index < -0.39 is 6.04 Å². The Morgan fingerprint density at radius 2 is 1.75 bits per heavy atom. The van der Waals surface area contributed by atoms with Crippen LogP contribution in [0.5, 0.6) is 0 Å².